The summed E-state index contributed by atoms with van der Waals surface area (Å²) in [6.07, 6.45) is 1.53. The summed E-state index contributed by atoms with van der Waals surface area (Å²) in [7, 11) is -7.48. The molecule has 0 spiro atoms. The molecule has 0 saturated carbocycles. The number of hydrogen-bond donors (Lipinski definition) is 3. The Bertz CT molecular complexity index is 793. The second-order valence-electron chi connectivity index (χ2n) is 5.86. The molecule has 0 amide bonds. The molecule has 1 aliphatic rings. The van der Waals surface area contributed by atoms with Gasteiger partial charge in [0.2, 0.25) is 20.0 Å². The third-order valence-electron chi connectivity index (χ3n) is 3.70. The lowest BCUT2D eigenvalue weighted by Gasteiger charge is -2.27. The fourth-order valence-electron chi connectivity index (χ4n) is 2.47. The summed E-state index contributed by atoms with van der Waals surface area (Å²) < 4.78 is 65.0. The molecule has 1 fully saturated rings. The highest BCUT2D eigenvalue weighted by Gasteiger charge is 2.17. The smallest absolute Gasteiger partial charge is 0.240 e. The number of nitrogens with one attached hydrogen (secondary N) is 3. The minimum Gasteiger partial charge on any atom is -0.314 e. The van der Waals surface area contributed by atoms with Gasteiger partial charge in [0.1, 0.15) is 5.82 Å². The number of hydrogen-bond acceptors (Lipinski definition) is 6. The highest BCUT2D eigenvalue weighted by atomic mass is 32.2. The molecule has 0 radical (unpaired) electrons. The van der Waals surface area contributed by atoms with Crippen LogP contribution in [0.25, 0.3) is 0 Å². The van der Waals surface area contributed by atoms with Crippen molar-refractivity contribution in [2.45, 2.75) is 11.3 Å². The van der Waals surface area contributed by atoms with Crippen molar-refractivity contribution in [2.75, 3.05) is 50.2 Å². The third kappa shape index (κ3) is 6.51. The lowest BCUT2D eigenvalue weighted by molar-refractivity contribution is 0.239. The predicted octanol–water partition coefficient (Wildman–Crippen LogP) is -0.229. The summed E-state index contributed by atoms with van der Waals surface area (Å²) in [5.74, 6) is -0.950. The van der Waals surface area contributed by atoms with Crippen molar-refractivity contribution in [3.63, 3.8) is 0 Å². The molecule has 11 heteroatoms. The molecule has 25 heavy (non-hydrogen) atoms. The van der Waals surface area contributed by atoms with Gasteiger partial charge in [-0.2, -0.15) is 0 Å². The highest BCUT2D eigenvalue weighted by molar-refractivity contribution is 7.92. The molecule has 0 aliphatic carbocycles. The fraction of sp³-hybridized carbons (Fsp3) is 0.571. The number of nitrogens with zero attached hydrogens (tertiary/aromatic N) is 1. The molecular formula is C14H23FN4O4S2. The van der Waals surface area contributed by atoms with E-state index < -0.39 is 25.9 Å². The second kappa shape index (κ2) is 8.41. The van der Waals surface area contributed by atoms with Crippen LogP contribution in [0.4, 0.5) is 10.1 Å². The maximum Gasteiger partial charge on any atom is 0.240 e. The number of anilines is 1. The van der Waals surface area contributed by atoms with Crippen LogP contribution in [0.1, 0.15) is 6.42 Å². The molecule has 1 saturated heterocycles. The second-order valence-corrected chi connectivity index (χ2v) is 9.37. The first-order valence-electron chi connectivity index (χ1n) is 7.87. The summed E-state index contributed by atoms with van der Waals surface area (Å²) >= 11 is 0. The third-order valence-corrected chi connectivity index (χ3v) is 5.75. The molecule has 1 aliphatic heterocycles. The number of piperazine rings is 1. The van der Waals surface area contributed by atoms with Crippen LogP contribution < -0.4 is 14.8 Å². The van der Waals surface area contributed by atoms with Crippen molar-refractivity contribution in [3.05, 3.63) is 24.0 Å². The van der Waals surface area contributed by atoms with Crippen molar-refractivity contribution >= 4 is 25.7 Å². The normalized spacial score (nSPS) is 16.7. The molecule has 2 rings (SSSR count). The molecule has 0 atom stereocenters. The Balaban J connectivity index is 1.91. The Hall–Kier alpha value is -1.27. The van der Waals surface area contributed by atoms with Gasteiger partial charge in [-0.15, -0.1) is 0 Å². The van der Waals surface area contributed by atoms with E-state index in [-0.39, 0.29) is 17.1 Å². The van der Waals surface area contributed by atoms with Gasteiger partial charge in [0.15, 0.2) is 0 Å². The van der Waals surface area contributed by atoms with Crippen molar-refractivity contribution in [3.8, 4) is 0 Å². The van der Waals surface area contributed by atoms with Crippen LogP contribution in [0, 0.1) is 5.82 Å². The van der Waals surface area contributed by atoms with Crippen molar-refractivity contribution in [1.29, 1.82) is 0 Å². The maximum absolute atomic E-state index is 13.9. The van der Waals surface area contributed by atoms with Gasteiger partial charge >= 0.3 is 0 Å². The molecule has 0 unspecified atom stereocenters. The van der Waals surface area contributed by atoms with E-state index in [1.807, 2.05) is 4.72 Å². The predicted molar refractivity (Wildman–Crippen MR) is 94.0 cm³/mol. The number of sulfonamides is 2. The van der Waals surface area contributed by atoms with Crippen LogP contribution in [0.3, 0.4) is 0 Å². The number of rotatable bonds is 8. The van der Waals surface area contributed by atoms with Gasteiger partial charge in [-0.25, -0.2) is 25.9 Å². The molecule has 1 aromatic carbocycles. The van der Waals surface area contributed by atoms with Gasteiger partial charge in [0, 0.05) is 32.7 Å². The van der Waals surface area contributed by atoms with Crippen LogP contribution in [0.15, 0.2) is 23.1 Å². The summed E-state index contributed by atoms with van der Waals surface area (Å²) in [6.45, 7) is 4.77. The van der Waals surface area contributed by atoms with E-state index in [1.165, 1.54) is 0 Å². The van der Waals surface area contributed by atoms with E-state index in [0.717, 1.165) is 57.2 Å². The lowest BCUT2D eigenvalue weighted by atomic mass is 10.3. The van der Waals surface area contributed by atoms with Crippen molar-refractivity contribution in [2.24, 2.45) is 0 Å². The Morgan fingerprint density at radius 3 is 2.48 bits per heavy atom. The van der Waals surface area contributed by atoms with Crippen molar-refractivity contribution in [1.82, 2.24) is 14.9 Å². The minimum absolute atomic E-state index is 0.244. The van der Waals surface area contributed by atoms with Gasteiger partial charge < -0.3 is 10.2 Å². The van der Waals surface area contributed by atoms with Gasteiger partial charge in [-0.1, -0.05) is 0 Å². The quantitative estimate of drug-likeness (QED) is 0.526. The summed E-state index contributed by atoms with van der Waals surface area (Å²) in [5, 5.41) is 3.24. The summed E-state index contributed by atoms with van der Waals surface area (Å²) in [4.78, 5) is 2.00. The van der Waals surface area contributed by atoms with E-state index in [0.29, 0.717) is 6.42 Å². The zero-order valence-electron chi connectivity index (χ0n) is 14.0. The topological polar surface area (TPSA) is 108 Å². The number of halogens is 1. The van der Waals surface area contributed by atoms with Gasteiger partial charge in [0.05, 0.1) is 16.8 Å². The zero-order valence-corrected chi connectivity index (χ0v) is 15.6. The lowest BCUT2D eigenvalue weighted by Crippen LogP contribution is -2.44. The van der Waals surface area contributed by atoms with E-state index in [2.05, 4.69) is 14.9 Å². The van der Waals surface area contributed by atoms with E-state index in [4.69, 9.17) is 0 Å². The Kier molecular flexibility index (Phi) is 6.74. The van der Waals surface area contributed by atoms with Gasteiger partial charge in [-0.3, -0.25) is 4.72 Å². The first-order valence-corrected chi connectivity index (χ1v) is 11.2. The van der Waals surface area contributed by atoms with Gasteiger partial charge in [-0.05, 0) is 31.2 Å². The van der Waals surface area contributed by atoms with Crippen molar-refractivity contribution < 1.29 is 21.2 Å². The van der Waals surface area contributed by atoms with Crippen LogP contribution in [-0.2, 0) is 20.0 Å². The molecule has 8 nitrogen and oxygen atoms in total. The molecule has 3 N–H and O–H groups in total. The van der Waals surface area contributed by atoms with E-state index in [1.54, 1.807) is 0 Å². The van der Waals surface area contributed by atoms with Crippen LogP contribution in [0.5, 0.6) is 0 Å². The van der Waals surface area contributed by atoms with Crippen LogP contribution in [0.2, 0.25) is 0 Å². The van der Waals surface area contributed by atoms with Crippen LogP contribution >= 0.6 is 0 Å². The molecule has 1 aromatic rings. The molecular weight excluding hydrogens is 371 g/mol. The molecule has 1 heterocycles. The first-order chi connectivity index (χ1) is 11.7. The Morgan fingerprint density at radius 1 is 1.20 bits per heavy atom. The van der Waals surface area contributed by atoms with Crippen LogP contribution in [-0.4, -0.2) is 67.3 Å². The molecule has 0 aromatic heterocycles. The standard InChI is InChI=1S/C14H23FN4O4S2/c1-24(20,21)18-14-4-3-12(11-13(14)15)25(22,23)17-5-2-8-19-9-6-16-7-10-19/h3-4,11,16-18H,2,5-10H2,1H3. The molecule has 142 valence electrons. The average molecular weight is 394 g/mol. The zero-order chi connectivity index (χ0) is 18.5. The monoisotopic (exact) mass is 394 g/mol. The fourth-order valence-corrected chi connectivity index (χ4v) is 4.12. The summed E-state index contributed by atoms with van der Waals surface area (Å²) in [5.41, 5.74) is -0.292. The largest absolute Gasteiger partial charge is 0.314 e. The maximum atomic E-state index is 13.9. The number of benzene rings is 1. The summed E-state index contributed by atoms with van der Waals surface area (Å²) in [6, 6.07) is 3.05. The SMILES string of the molecule is CS(=O)(=O)Nc1ccc(S(=O)(=O)NCCCN2CCNCC2)cc1F. The van der Waals surface area contributed by atoms with E-state index >= 15 is 0 Å². The molecule has 0 bridgehead atoms. The van der Waals surface area contributed by atoms with Gasteiger partial charge in [0.25, 0.3) is 0 Å². The first kappa shape index (κ1) is 20.0. The Morgan fingerprint density at radius 2 is 1.88 bits per heavy atom. The van der Waals surface area contributed by atoms with E-state index in [9.17, 15) is 21.2 Å². The minimum atomic E-state index is -3.84. The highest BCUT2D eigenvalue weighted by Crippen LogP contribution is 2.19. The Labute approximate surface area is 147 Å². The average Bonchev–Trinajstić information content (AvgIpc) is 2.53.